The van der Waals surface area contributed by atoms with E-state index in [1.807, 2.05) is 28.8 Å². The van der Waals surface area contributed by atoms with Crippen molar-refractivity contribution in [3.63, 3.8) is 0 Å². The average Bonchev–Trinajstić information content (AvgIpc) is 2.96. The van der Waals surface area contributed by atoms with Gasteiger partial charge in [0.05, 0.1) is 0 Å². The second-order valence-electron chi connectivity index (χ2n) is 6.72. The normalized spacial score (nSPS) is 11.6. The maximum Gasteiger partial charge on any atom is 0.271 e. The summed E-state index contributed by atoms with van der Waals surface area (Å²) in [7, 11) is 0. The average molecular weight is 307 g/mol. The van der Waals surface area contributed by atoms with Gasteiger partial charge in [-0.25, -0.2) is 4.98 Å². The van der Waals surface area contributed by atoms with Crippen molar-refractivity contribution in [2.24, 2.45) is 0 Å². The van der Waals surface area contributed by atoms with E-state index in [4.69, 9.17) is 0 Å². The molecule has 0 aliphatic carbocycles. The first-order valence-corrected chi connectivity index (χ1v) is 7.75. The molecule has 0 spiro atoms. The van der Waals surface area contributed by atoms with Gasteiger partial charge in [0.25, 0.3) is 5.91 Å². The summed E-state index contributed by atoms with van der Waals surface area (Å²) in [6.45, 7) is 7.06. The lowest BCUT2D eigenvalue weighted by Crippen LogP contribution is -2.23. The van der Waals surface area contributed by atoms with Crippen molar-refractivity contribution < 1.29 is 4.79 Å². The lowest BCUT2D eigenvalue weighted by Gasteiger charge is -2.19. The lowest BCUT2D eigenvalue weighted by molar-refractivity contribution is 0.0946. The number of carbonyl (C=O) groups is 1. The van der Waals surface area contributed by atoms with Gasteiger partial charge < -0.3 is 9.72 Å². The summed E-state index contributed by atoms with van der Waals surface area (Å²) in [5, 5.41) is 2.92. The maximum atomic E-state index is 12.2. The molecule has 3 aromatic rings. The van der Waals surface area contributed by atoms with Gasteiger partial charge in [0.15, 0.2) is 0 Å². The van der Waals surface area contributed by atoms with E-state index < -0.39 is 0 Å². The Morgan fingerprint density at radius 3 is 2.52 bits per heavy atom. The van der Waals surface area contributed by atoms with Crippen LogP contribution < -0.4 is 5.32 Å². The van der Waals surface area contributed by atoms with E-state index in [9.17, 15) is 4.79 Å². The number of benzene rings is 1. The maximum absolute atomic E-state index is 12.2. The van der Waals surface area contributed by atoms with Crippen LogP contribution in [0.25, 0.3) is 5.65 Å². The van der Waals surface area contributed by atoms with Crippen LogP contribution in [0.5, 0.6) is 0 Å². The highest BCUT2D eigenvalue weighted by molar-refractivity contribution is 5.92. The Bertz CT molecular complexity index is 793. The molecule has 118 valence electrons. The van der Waals surface area contributed by atoms with Crippen LogP contribution in [0.1, 0.15) is 42.4 Å². The van der Waals surface area contributed by atoms with Crippen molar-refractivity contribution in [3.05, 3.63) is 71.7 Å². The van der Waals surface area contributed by atoms with Gasteiger partial charge in [0.1, 0.15) is 11.3 Å². The third-order valence-corrected chi connectivity index (χ3v) is 3.87. The second kappa shape index (κ2) is 5.88. The lowest BCUT2D eigenvalue weighted by atomic mass is 9.87. The number of hydrogen-bond donors (Lipinski definition) is 1. The Balaban J connectivity index is 1.66. The monoisotopic (exact) mass is 307 g/mol. The van der Waals surface area contributed by atoms with Crippen LogP contribution in [-0.4, -0.2) is 15.3 Å². The first-order chi connectivity index (χ1) is 10.9. The molecule has 3 rings (SSSR count). The van der Waals surface area contributed by atoms with Gasteiger partial charge in [-0.3, -0.25) is 4.79 Å². The molecule has 4 heteroatoms. The quantitative estimate of drug-likeness (QED) is 0.804. The Labute approximate surface area is 136 Å². The molecule has 4 nitrogen and oxygen atoms in total. The molecule has 2 heterocycles. The Morgan fingerprint density at radius 1 is 1.13 bits per heavy atom. The van der Waals surface area contributed by atoms with Gasteiger partial charge in [-0.1, -0.05) is 51.1 Å². The number of carbonyl (C=O) groups excluding carboxylic acids is 1. The van der Waals surface area contributed by atoms with E-state index in [0.29, 0.717) is 12.2 Å². The number of hydrogen-bond acceptors (Lipinski definition) is 2. The predicted octanol–water partition coefficient (Wildman–Crippen LogP) is 3.56. The molecule has 0 radical (unpaired) electrons. The van der Waals surface area contributed by atoms with Crippen LogP contribution in [0.4, 0.5) is 0 Å². The van der Waals surface area contributed by atoms with Crippen molar-refractivity contribution in [2.75, 3.05) is 0 Å². The number of nitrogens with one attached hydrogen (secondary N) is 1. The molecule has 23 heavy (non-hydrogen) atoms. The Kier molecular flexibility index (Phi) is 3.90. The van der Waals surface area contributed by atoms with Crippen molar-refractivity contribution in [1.29, 1.82) is 0 Å². The fourth-order valence-corrected chi connectivity index (χ4v) is 2.44. The predicted molar refractivity (Wildman–Crippen MR) is 91.5 cm³/mol. The van der Waals surface area contributed by atoms with Crippen molar-refractivity contribution >= 4 is 11.6 Å². The molecule has 1 aromatic carbocycles. The van der Waals surface area contributed by atoms with Gasteiger partial charge in [-0.05, 0) is 28.7 Å². The summed E-state index contributed by atoms with van der Waals surface area (Å²) in [4.78, 5) is 16.5. The number of fused-ring (bicyclic) bond motifs is 1. The summed E-state index contributed by atoms with van der Waals surface area (Å²) in [5.41, 5.74) is 3.70. The van der Waals surface area contributed by atoms with Crippen LogP contribution >= 0.6 is 0 Å². The molecular weight excluding hydrogens is 286 g/mol. The SMILES string of the molecule is CC(C)(C)c1ccc(CNC(=O)c2cn3ccccc3n2)cc1. The summed E-state index contributed by atoms with van der Waals surface area (Å²) in [6.07, 6.45) is 3.62. The Morgan fingerprint density at radius 2 is 1.87 bits per heavy atom. The molecule has 0 aliphatic rings. The number of amides is 1. The first-order valence-electron chi connectivity index (χ1n) is 7.75. The highest BCUT2D eigenvalue weighted by Crippen LogP contribution is 2.22. The fraction of sp³-hybridized carbons (Fsp3) is 0.263. The van der Waals surface area contributed by atoms with Crippen LogP contribution in [0, 0.1) is 0 Å². The first kappa shape index (κ1) is 15.3. The largest absolute Gasteiger partial charge is 0.347 e. The third kappa shape index (κ3) is 3.42. The number of imidazole rings is 1. The van der Waals surface area contributed by atoms with E-state index in [-0.39, 0.29) is 11.3 Å². The molecule has 1 N–H and O–H groups in total. The molecule has 1 amide bonds. The molecule has 0 saturated carbocycles. The molecular formula is C19H21N3O. The van der Waals surface area contributed by atoms with Crippen LogP contribution in [0.2, 0.25) is 0 Å². The minimum Gasteiger partial charge on any atom is -0.347 e. The van der Waals surface area contributed by atoms with E-state index in [0.717, 1.165) is 11.2 Å². The van der Waals surface area contributed by atoms with Gasteiger partial charge in [0, 0.05) is 18.9 Å². The molecule has 0 saturated heterocycles. The van der Waals surface area contributed by atoms with E-state index >= 15 is 0 Å². The number of nitrogens with zero attached hydrogens (tertiary/aromatic N) is 2. The molecule has 0 fully saturated rings. The highest BCUT2D eigenvalue weighted by atomic mass is 16.1. The summed E-state index contributed by atoms with van der Waals surface area (Å²) < 4.78 is 1.84. The fourth-order valence-electron chi connectivity index (χ4n) is 2.44. The third-order valence-electron chi connectivity index (χ3n) is 3.87. The van der Waals surface area contributed by atoms with E-state index in [2.05, 4.69) is 55.3 Å². The summed E-state index contributed by atoms with van der Waals surface area (Å²) >= 11 is 0. The molecule has 2 aromatic heterocycles. The summed E-state index contributed by atoms with van der Waals surface area (Å²) in [6, 6.07) is 14.0. The second-order valence-corrected chi connectivity index (χ2v) is 6.72. The van der Waals surface area contributed by atoms with E-state index in [1.54, 1.807) is 6.20 Å². The zero-order chi connectivity index (χ0) is 16.4. The van der Waals surface area contributed by atoms with Crippen molar-refractivity contribution in [1.82, 2.24) is 14.7 Å². The van der Waals surface area contributed by atoms with Gasteiger partial charge in [-0.2, -0.15) is 0 Å². The minimum absolute atomic E-state index is 0.137. The topological polar surface area (TPSA) is 46.4 Å². The van der Waals surface area contributed by atoms with Crippen LogP contribution in [-0.2, 0) is 12.0 Å². The summed E-state index contributed by atoms with van der Waals surface area (Å²) in [5.74, 6) is -0.159. The zero-order valence-electron chi connectivity index (χ0n) is 13.7. The number of aromatic nitrogens is 2. The molecule has 0 bridgehead atoms. The van der Waals surface area contributed by atoms with Crippen molar-refractivity contribution in [3.8, 4) is 0 Å². The molecule has 0 aliphatic heterocycles. The van der Waals surface area contributed by atoms with Gasteiger partial charge in [0.2, 0.25) is 0 Å². The highest BCUT2D eigenvalue weighted by Gasteiger charge is 2.13. The minimum atomic E-state index is -0.159. The van der Waals surface area contributed by atoms with Gasteiger partial charge >= 0.3 is 0 Å². The molecule has 0 unspecified atom stereocenters. The Hall–Kier alpha value is -2.62. The smallest absolute Gasteiger partial charge is 0.271 e. The van der Waals surface area contributed by atoms with Crippen LogP contribution in [0.15, 0.2) is 54.9 Å². The van der Waals surface area contributed by atoms with Crippen molar-refractivity contribution in [2.45, 2.75) is 32.7 Å². The number of rotatable bonds is 3. The number of pyridine rings is 1. The van der Waals surface area contributed by atoms with E-state index in [1.165, 1.54) is 5.56 Å². The van der Waals surface area contributed by atoms with Gasteiger partial charge in [-0.15, -0.1) is 0 Å². The van der Waals surface area contributed by atoms with Crippen LogP contribution in [0.3, 0.4) is 0 Å². The molecule has 0 atom stereocenters. The standard InChI is InChI=1S/C19H21N3O/c1-19(2,3)15-9-7-14(8-10-15)12-20-18(23)16-13-22-11-5-4-6-17(22)21-16/h4-11,13H,12H2,1-3H3,(H,20,23). The zero-order valence-corrected chi connectivity index (χ0v) is 13.7.